The molecule has 0 radical (unpaired) electrons. The highest BCUT2D eigenvalue weighted by Crippen LogP contribution is 2.26. The molecule has 0 spiro atoms. The number of benzene rings is 1. The first-order valence-electron chi connectivity index (χ1n) is 7.80. The molecule has 3 rings (SSSR count). The Bertz CT molecular complexity index is 670. The molecule has 0 saturated carbocycles. The van der Waals surface area contributed by atoms with Crippen LogP contribution in [0.5, 0.6) is 11.6 Å². The van der Waals surface area contributed by atoms with Crippen molar-refractivity contribution in [3.63, 3.8) is 0 Å². The Morgan fingerprint density at radius 3 is 2.65 bits per heavy atom. The molecule has 1 aliphatic rings. The van der Waals surface area contributed by atoms with E-state index in [4.69, 9.17) is 9.47 Å². The molecule has 2 heterocycles. The summed E-state index contributed by atoms with van der Waals surface area (Å²) in [4.78, 5) is 22.9. The number of nitrogens with zero attached hydrogens (tertiary/aromatic N) is 3. The minimum absolute atomic E-state index is 0.228. The van der Waals surface area contributed by atoms with Crippen molar-refractivity contribution in [1.82, 2.24) is 9.97 Å². The number of anilines is 1. The van der Waals surface area contributed by atoms with E-state index in [1.54, 1.807) is 6.92 Å². The molecule has 0 bridgehead atoms. The molecule has 6 heteroatoms. The highest BCUT2D eigenvalue weighted by atomic mass is 16.5. The van der Waals surface area contributed by atoms with E-state index in [1.165, 1.54) is 6.20 Å². The average Bonchev–Trinajstić information content (AvgIpc) is 3.10. The van der Waals surface area contributed by atoms with E-state index in [0.29, 0.717) is 11.7 Å². The summed E-state index contributed by atoms with van der Waals surface area (Å²) in [6, 6.07) is 9.25. The van der Waals surface area contributed by atoms with Gasteiger partial charge in [-0.2, -0.15) is 4.98 Å². The molecule has 2 aromatic rings. The lowest BCUT2D eigenvalue weighted by atomic mass is 10.3. The van der Waals surface area contributed by atoms with Crippen molar-refractivity contribution in [2.45, 2.75) is 19.8 Å². The summed E-state index contributed by atoms with van der Waals surface area (Å²) in [7, 11) is 0. The Hall–Kier alpha value is -2.63. The van der Waals surface area contributed by atoms with Gasteiger partial charge >= 0.3 is 5.97 Å². The highest BCUT2D eigenvalue weighted by Gasteiger charge is 2.21. The van der Waals surface area contributed by atoms with E-state index in [1.807, 2.05) is 30.3 Å². The number of carbonyl (C=O) groups is 1. The quantitative estimate of drug-likeness (QED) is 0.791. The summed E-state index contributed by atoms with van der Waals surface area (Å²) >= 11 is 0. The largest absolute Gasteiger partial charge is 0.462 e. The maximum Gasteiger partial charge on any atom is 0.345 e. The topological polar surface area (TPSA) is 64.5 Å². The van der Waals surface area contributed by atoms with Crippen molar-refractivity contribution in [2.75, 3.05) is 24.6 Å². The molecule has 0 atom stereocenters. The molecule has 1 saturated heterocycles. The smallest absolute Gasteiger partial charge is 0.345 e. The third kappa shape index (κ3) is 3.59. The Balaban J connectivity index is 1.93. The number of para-hydroxylation sites is 1. The average molecular weight is 313 g/mol. The van der Waals surface area contributed by atoms with Crippen LogP contribution in [-0.2, 0) is 4.74 Å². The molecular formula is C17H19N3O3. The minimum Gasteiger partial charge on any atom is -0.462 e. The van der Waals surface area contributed by atoms with Crippen molar-refractivity contribution >= 4 is 11.9 Å². The molecule has 0 unspecified atom stereocenters. The van der Waals surface area contributed by atoms with Gasteiger partial charge in [0.1, 0.15) is 11.3 Å². The predicted octanol–water partition coefficient (Wildman–Crippen LogP) is 3.05. The SMILES string of the molecule is CCOC(=O)c1cnc(N2CCCC2)nc1Oc1ccccc1. The van der Waals surface area contributed by atoms with E-state index in [2.05, 4.69) is 14.9 Å². The number of carbonyl (C=O) groups excluding carboxylic acids is 1. The van der Waals surface area contributed by atoms with E-state index in [-0.39, 0.29) is 18.1 Å². The van der Waals surface area contributed by atoms with Crippen molar-refractivity contribution < 1.29 is 14.3 Å². The summed E-state index contributed by atoms with van der Waals surface area (Å²) in [5, 5.41) is 0. The van der Waals surface area contributed by atoms with Crippen molar-refractivity contribution in [3.05, 3.63) is 42.1 Å². The van der Waals surface area contributed by atoms with E-state index in [9.17, 15) is 4.79 Å². The Morgan fingerprint density at radius 2 is 1.96 bits per heavy atom. The van der Waals surface area contributed by atoms with Gasteiger partial charge < -0.3 is 14.4 Å². The molecule has 23 heavy (non-hydrogen) atoms. The van der Waals surface area contributed by atoms with Gasteiger partial charge in [0.15, 0.2) is 0 Å². The zero-order valence-corrected chi connectivity index (χ0v) is 13.1. The lowest BCUT2D eigenvalue weighted by Crippen LogP contribution is -2.21. The first kappa shape index (κ1) is 15.3. The number of hydrogen-bond acceptors (Lipinski definition) is 6. The minimum atomic E-state index is -0.480. The zero-order chi connectivity index (χ0) is 16.1. The second-order valence-electron chi connectivity index (χ2n) is 5.22. The van der Waals surface area contributed by atoms with Crippen LogP contribution in [0.4, 0.5) is 5.95 Å². The Morgan fingerprint density at radius 1 is 1.22 bits per heavy atom. The van der Waals surface area contributed by atoms with Crippen LogP contribution in [0, 0.1) is 0 Å². The monoisotopic (exact) mass is 313 g/mol. The molecule has 120 valence electrons. The van der Waals surface area contributed by atoms with Gasteiger partial charge in [0.05, 0.1) is 12.8 Å². The standard InChI is InChI=1S/C17H19N3O3/c1-2-22-16(21)14-12-18-17(20-10-6-7-11-20)19-15(14)23-13-8-4-3-5-9-13/h3-5,8-9,12H,2,6-7,10-11H2,1H3. The molecular weight excluding hydrogens is 294 g/mol. The van der Waals surface area contributed by atoms with Gasteiger partial charge in [-0.05, 0) is 31.9 Å². The summed E-state index contributed by atoms with van der Waals surface area (Å²) in [6.07, 6.45) is 3.73. The van der Waals surface area contributed by atoms with Crippen LogP contribution in [0.25, 0.3) is 0 Å². The predicted molar refractivity (Wildman–Crippen MR) is 86.0 cm³/mol. The number of esters is 1. The highest BCUT2D eigenvalue weighted by molar-refractivity contribution is 5.91. The molecule has 0 amide bonds. The molecule has 1 aliphatic heterocycles. The van der Waals surface area contributed by atoms with E-state index < -0.39 is 5.97 Å². The van der Waals surface area contributed by atoms with Gasteiger partial charge in [0.25, 0.3) is 0 Å². The molecule has 0 aliphatic carbocycles. The van der Waals surface area contributed by atoms with Gasteiger partial charge in [-0.3, -0.25) is 0 Å². The third-order valence-corrected chi connectivity index (χ3v) is 3.58. The maximum atomic E-state index is 12.1. The summed E-state index contributed by atoms with van der Waals surface area (Å²) in [5.74, 6) is 0.948. The van der Waals surface area contributed by atoms with Crippen LogP contribution in [-0.4, -0.2) is 35.6 Å². The van der Waals surface area contributed by atoms with Gasteiger partial charge in [0, 0.05) is 13.1 Å². The number of ether oxygens (including phenoxy) is 2. The maximum absolute atomic E-state index is 12.1. The number of rotatable bonds is 5. The normalized spacial score (nSPS) is 13.9. The second kappa shape index (κ2) is 7.09. The van der Waals surface area contributed by atoms with E-state index in [0.717, 1.165) is 25.9 Å². The van der Waals surface area contributed by atoms with Crippen LogP contribution in [0.2, 0.25) is 0 Å². The van der Waals surface area contributed by atoms with Crippen LogP contribution in [0.3, 0.4) is 0 Å². The molecule has 6 nitrogen and oxygen atoms in total. The van der Waals surface area contributed by atoms with Crippen LogP contribution in [0.15, 0.2) is 36.5 Å². The number of aromatic nitrogens is 2. The van der Waals surface area contributed by atoms with Gasteiger partial charge in [0.2, 0.25) is 11.8 Å². The Kier molecular flexibility index (Phi) is 4.71. The van der Waals surface area contributed by atoms with E-state index >= 15 is 0 Å². The molecule has 0 N–H and O–H groups in total. The van der Waals surface area contributed by atoms with Crippen LogP contribution >= 0.6 is 0 Å². The molecule has 1 aromatic carbocycles. The summed E-state index contributed by atoms with van der Waals surface area (Å²) < 4.78 is 10.9. The van der Waals surface area contributed by atoms with Gasteiger partial charge in [-0.25, -0.2) is 9.78 Å². The Labute approximate surface area is 135 Å². The second-order valence-corrected chi connectivity index (χ2v) is 5.22. The van der Waals surface area contributed by atoms with Crippen LogP contribution in [0.1, 0.15) is 30.1 Å². The number of hydrogen-bond donors (Lipinski definition) is 0. The lowest BCUT2D eigenvalue weighted by Gasteiger charge is -2.17. The fourth-order valence-corrected chi connectivity index (χ4v) is 2.45. The lowest BCUT2D eigenvalue weighted by molar-refractivity contribution is 0.0522. The fourth-order valence-electron chi connectivity index (χ4n) is 2.45. The van der Waals surface area contributed by atoms with Crippen molar-refractivity contribution in [1.29, 1.82) is 0 Å². The first-order chi connectivity index (χ1) is 11.3. The van der Waals surface area contributed by atoms with Gasteiger partial charge in [-0.1, -0.05) is 18.2 Å². The summed E-state index contributed by atoms with van der Waals surface area (Å²) in [5.41, 5.74) is 0.235. The molecule has 1 aromatic heterocycles. The molecule has 1 fully saturated rings. The van der Waals surface area contributed by atoms with Gasteiger partial charge in [-0.15, -0.1) is 0 Å². The first-order valence-corrected chi connectivity index (χ1v) is 7.80. The summed E-state index contributed by atoms with van der Waals surface area (Å²) in [6.45, 7) is 3.89. The van der Waals surface area contributed by atoms with Crippen molar-refractivity contribution in [3.8, 4) is 11.6 Å². The zero-order valence-electron chi connectivity index (χ0n) is 13.1. The fraction of sp³-hybridized carbons (Fsp3) is 0.353. The van der Waals surface area contributed by atoms with Crippen molar-refractivity contribution in [2.24, 2.45) is 0 Å². The third-order valence-electron chi connectivity index (χ3n) is 3.58. The van der Waals surface area contributed by atoms with Crippen LogP contribution < -0.4 is 9.64 Å².